The number of benzene rings is 1. The molecule has 1 aromatic rings. The minimum atomic E-state index is -0.823. The number of methoxy groups -OCH3 is 2. The lowest BCUT2D eigenvalue weighted by molar-refractivity contribution is 0.0972. The lowest BCUT2D eigenvalue weighted by atomic mass is 10.1. The van der Waals surface area contributed by atoms with Gasteiger partial charge in [-0.15, -0.1) is 0 Å². The fourth-order valence-electron chi connectivity index (χ4n) is 1.96. The minimum Gasteiger partial charge on any atom is -0.493 e. The Morgan fingerprint density at radius 3 is 2.62 bits per heavy atom. The van der Waals surface area contributed by atoms with Crippen molar-refractivity contribution in [3.63, 3.8) is 0 Å². The van der Waals surface area contributed by atoms with Crippen LogP contribution in [0.2, 0.25) is 0 Å². The van der Waals surface area contributed by atoms with Crippen LogP contribution in [0.1, 0.15) is 15.9 Å². The summed E-state index contributed by atoms with van der Waals surface area (Å²) >= 11 is 0. The van der Waals surface area contributed by atoms with Crippen LogP contribution in [0.5, 0.6) is 11.5 Å². The van der Waals surface area contributed by atoms with Crippen LogP contribution in [0.15, 0.2) is 17.3 Å². The summed E-state index contributed by atoms with van der Waals surface area (Å²) in [6, 6.07) is 2.66. The van der Waals surface area contributed by atoms with Gasteiger partial charge in [-0.1, -0.05) is 11.2 Å². The van der Waals surface area contributed by atoms with Crippen LogP contribution in [-0.2, 0) is 6.42 Å². The molecule has 0 N–H and O–H groups in total. The number of nitroso groups, excluding NO2 is 1. The summed E-state index contributed by atoms with van der Waals surface area (Å²) in [4.78, 5) is 22.3. The Bertz CT molecular complexity index is 456. The van der Waals surface area contributed by atoms with Crippen LogP contribution in [0.4, 0.5) is 0 Å². The molecular formula is C11H11NO4. The quantitative estimate of drug-likeness (QED) is 0.727. The highest BCUT2D eigenvalue weighted by molar-refractivity contribution is 6.07. The molecule has 0 fully saturated rings. The molecule has 5 heteroatoms. The van der Waals surface area contributed by atoms with Gasteiger partial charge in [0, 0.05) is 6.42 Å². The van der Waals surface area contributed by atoms with E-state index in [-0.39, 0.29) is 5.78 Å². The zero-order valence-electron chi connectivity index (χ0n) is 9.02. The summed E-state index contributed by atoms with van der Waals surface area (Å²) in [5, 5.41) is 2.82. The van der Waals surface area contributed by atoms with E-state index < -0.39 is 6.04 Å². The van der Waals surface area contributed by atoms with Crippen molar-refractivity contribution in [3.8, 4) is 11.5 Å². The van der Waals surface area contributed by atoms with E-state index in [4.69, 9.17) is 9.47 Å². The van der Waals surface area contributed by atoms with Crippen molar-refractivity contribution in [1.82, 2.24) is 0 Å². The first-order chi connectivity index (χ1) is 7.72. The van der Waals surface area contributed by atoms with Crippen LogP contribution in [-0.4, -0.2) is 26.0 Å². The summed E-state index contributed by atoms with van der Waals surface area (Å²) < 4.78 is 10.2. The monoisotopic (exact) mass is 221 g/mol. The highest BCUT2D eigenvalue weighted by atomic mass is 16.5. The molecule has 0 spiro atoms. The zero-order valence-corrected chi connectivity index (χ0v) is 9.02. The van der Waals surface area contributed by atoms with E-state index in [9.17, 15) is 9.70 Å². The number of rotatable bonds is 3. The minimum absolute atomic E-state index is 0.291. The molecule has 16 heavy (non-hydrogen) atoms. The van der Waals surface area contributed by atoms with Gasteiger partial charge in [0.05, 0.1) is 19.8 Å². The molecule has 1 atom stereocenters. The van der Waals surface area contributed by atoms with E-state index in [1.54, 1.807) is 12.1 Å². The summed E-state index contributed by atoms with van der Waals surface area (Å²) in [7, 11) is 2.96. The number of hydrogen-bond donors (Lipinski definition) is 0. The largest absolute Gasteiger partial charge is 0.493 e. The number of ketones is 1. The Morgan fingerprint density at radius 1 is 1.31 bits per heavy atom. The van der Waals surface area contributed by atoms with Crippen LogP contribution >= 0.6 is 0 Å². The lowest BCUT2D eigenvalue weighted by Gasteiger charge is -2.10. The molecule has 0 saturated carbocycles. The highest BCUT2D eigenvalue weighted by Crippen LogP contribution is 2.38. The van der Waals surface area contributed by atoms with Gasteiger partial charge in [-0.3, -0.25) is 4.79 Å². The normalized spacial score (nSPS) is 18.1. The van der Waals surface area contributed by atoms with Gasteiger partial charge < -0.3 is 9.47 Å². The van der Waals surface area contributed by atoms with Crippen molar-refractivity contribution < 1.29 is 14.3 Å². The molecule has 0 aromatic heterocycles. The zero-order chi connectivity index (χ0) is 11.7. The maximum absolute atomic E-state index is 11.8. The van der Waals surface area contributed by atoms with E-state index in [0.717, 1.165) is 5.56 Å². The molecule has 0 heterocycles. The van der Waals surface area contributed by atoms with Crippen molar-refractivity contribution in [2.75, 3.05) is 14.2 Å². The van der Waals surface area contributed by atoms with Gasteiger partial charge >= 0.3 is 0 Å². The molecule has 1 unspecified atom stereocenters. The Kier molecular flexibility index (Phi) is 2.60. The third kappa shape index (κ3) is 1.36. The third-order valence-electron chi connectivity index (χ3n) is 2.72. The highest BCUT2D eigenvalue weighted by Gasteiger charge is 2.35. The molecular weight excluding hydrogens is 210 g/mol. The SMILES string of the molecule is COc1ccc2c(c1OC)C(=O)C(N=O)C2. The molecule has 84 valence electrons. The number of Topliss-reactive ketones (excluding diaryl/α,β-unsaturated/α-hetero) is 1. The number of carbonyl (C=O) groups excluding carboxylic acids is 1. The van der Waals surface area contributed by atoms with Gasteiger partial charge in [-0.25, -0.2) is 0 Å². The van der Waals surface area contributed by atoms with Crippen LogP contribution in [0, 0.1) is 4.91 Å². The van der Waals surface area contributed by atoms with Gasteiger partial charge in [0.2, 0.25) is 0 Å². The Hall–Kier alpha value is -1.91. The van der Waals surface area contributed by atoms with Gasteiger partial charge in [-0.05, 0) is 11.6 Å². The number of ether oxygens (including phenoxy) is 2. The molecule has 0 saturated heterocycles. The summed E-state index contributed by atoms with van der Waals surface area (Å²) in [5.41, 5.74) is 1.21. The molecule has 2 rings (SSSR count). The predicted molar refractivity (Wildman–Crippen MR) is 57.2 cm³/mol. The van der Waals surface area contributed by atoms with E-state index in [2.05, 4.69) is 5.18 Å². The van der Waals surface area contributed by atoms with Gasteiger partial charge in [-0.2, -0.15) is 4.91 Å². The van der Waals surface area contributed by atoms with Gasteiger partial charge in [0.15, 0.2) is 23.3 Å². The molecule has 1 aliphatic rings. The van der Waals surface area contributed by atoms with E-state index >= 15 is 0 Å². The molecule has 0 radical (unpaired) electrons. The molecule has 1 aromatic carbocycles. The first kappa shape index (κ1) is 10.6. The van der Waals surface area contributed by atoms with Gasteiger partial charge in [0.25, 0.3) is 0 Å². The van der Waals surface area contributed by atoms with Crippen LogP contribution in [0.3, 0.4) is 0 Å². The summed E-state index contributed by atoms with van der Waals surface area (Å²) in [6.45, 7) is 0. The maximum Gasteiger partial charge on any atom is 0.195 e. The standard InChI is InChI=1S/C11H11NO4/c1-15-8-4-3-6-5-7(12-14)10(13)9(6)11(8)16-2/h3-4,7H,5H2,1-2H3. The van der Waals surface area contributed by atoms with Crippen molar-refractivity contribution in [3.05, 3.63) is 28.2 Å². The maximum atomic E-state index is 11.8. The summed E-state index contributed by atoms with van der Waals surface area (Å²) in [5.74, 6) is 0.582. The second kappa shape index (κ2) is 3.92. The fraction of sp³-hybridized carbons (Fsp3) is 0.364. The van der Waals surface area contributed by atoms with Crippen molar-refractivity contribution in [2.24, 2.45) is 5.18 Å². The van der Waals surface area contributed by atoms with E-state index in [1.807, 2.05) is 0 Å². The van der Waals surface area contributed by atoms with Crippen LogP contribution in [0.25, 0.3) is 0 Å². The number of fused-ring (bicyclic) bond motifs is 1. The van der Waals surface area contributed by atoms with Gasteiger partial charge in [0.1, 0.15) is 0 Å². The van der Waals surface area contributed by atoms with Crippen molar-refractivity contribution in [1.29, 1.82) is 0 Å². The third-order valence-corrected chi connectivity index (χ3v) is 2.72. The Balaban J connectivity index is 2.58. The van der Waals surface area contributed by atoms with Crippen molar-refractivity contribution in [2.45, 2.75) is 12.5 Å². The number of nitrogens with zero attached hydrogens (tertiary/aromatic N) is 1. The molecule has 0 aliphatic heterocycles. The summed E-state index contributed by atoms with van der Waals surface area (Å²) in [6.07, 6.45) is 0.345. The van der Waals surface area contributed by atoms with Crippen LogP contribution < -0.4 is 9.47 Å². The average molecular weight is 221 g/mol. The molecule has 0 amide bonds. The second-order valence-corrected chi connectivity index (χ2v) is 3.52. The van der Waals surface area contributed by atoms with Crippen molar-refractivity contribution >= 4 is 5.78 Å². The van der Waals surface area contributed by atoms with E-state index in [1.165, 1.54) is 14.2 Å². The first-order valence-corrected chi connectivity index (χ1v) is 4.83. The van der Waals surface area contributed by atoms with E-state index in [0.29, 0.717) is 23.5 Å². The topological polar surface area (TPSA) is 65.0 Å². The molecule has 5 nitrogen and oxygen atoms in total. The fourth-order valence-corrected chi connectivity index (χ4v) is 1.96. The molecule has 0 bridgehead atoms. The number of carbonyl (C=O) groups is 1. The lowest BCUT2D eigenvalue weighted by Crippen LogP contribution is -2.12. The average Bonchev–Trinajstić information content (AvgIpc) is 2.65. The second-order valence-electron chi connectivity index (χ2n) is 3.52. The Labute approximate surface area is 92.3 Å². The molecule has 1 aliphatic carbocycles. The first-order valence-electron chi connectivity index (χ1n) is 4.83. The smallest absolute Gasteiger partial charge is 0.195 e. The predicted octanol–water partition coefficient (Wildman–Crippen LogP) is 1.58. The Morgan fingerprint density at radius 2 is 2.06 bits per heavy atom. The number of hydrogen-bond acceptors (Lipinski definition) is 5.